The molecule has 1 aliphatic heterocycles. The number of nitrogens with one attached hydrogen (secondary N) is 1. The third kappa shape index (κ3) is 7.34. The predicted octanol–water partition coefficient (Wildman–Crippen LogP) is 1.13. The largest absolute Gasteiger partial charge is 0.314 e. The van der Waals surface area contributed by atoms with Gasteiger partial charge in [0.2, 0.25) is 0 Å². The van der Waals surface area contributed by atoms with Crippen molar-refractivity contribution >= 4 is 9.84 Å². The van der Waals surface area contributed by atoms with Crippen molar-refractivity contribution in [2.24, 2.45) is 5.92 Å². The van der Waals surface area contributed by atoms with Crippen LogP contribution in [0.1, 0.15) is 33.1 Å². The fourth-order valence-electron chi connectivity index (χ4n) is 2.47. The first-order valence-electron chi connectivity index (χ1n) is 7.00. The van der Waals surface area contributed by atoms with Crippen molar-refractivity contribution in [3.05, 3.63) is 0 Å². The molecule has 0 amide bonds. The molecule has 108 valence electrons. The molecule has 18 heavy (non-hydrogen) atoms. The van der Waals surface area contributed by atoms with E-state index in [1.54, 1.807) is 0 Å². The Labute approximate surface area is 112 Å². The maximum Gasteiger partial charge on any atom is 0.147 e. The van der Waals surface area contributed by atoms with E-state index in [4.69, 9.17) is 0 Å². The van der Waals surface area contributed by atoms with Crippen LogP contribution < -0.4 is 5.32 Å². The molecule has 1 heterocycles. The van der Waals surface area contributed by atoms with E-state index in [0.29, 0.717) is 11.8 Å². The van der Waals surface area contributed by atoms with Gasteiger partial charge in [-0.3, -0.25) is 0 Å². The normalized spacial score (nSPS) is 22.6. The standard InChI is InChI=1S/C13H28N2O2S/c1-12(2)14-10-13-6-4-7-15(11-13)8-5-9-18(3,16)17/h12-14H,4-11H2,1-3H3. The van der Waals surface area contributed by atoms with Crippen LogP contribution in [-0.2, 0) is 9.84 Å². The average molecular weight is 276 g/mol. The van der Waals surface area contributed by atoms with Gasteiger partial charge < -0.3 is 10.2 Å². The first kappa shape index (κ1) is 15.9. The third-order valence-electron chi connectivity index (χ3n) is 3.41. The van der Waals surface area contributed by atoms with Gasteiger partial charge in [-0.2, -0.15) is 0 Å². The summed E-state index contributed by atoms with van der Waals surface area (Å²) in [7, 11) is -2.80. The summed E-state index contributed by atoms with van der Waals surface area (Å²) in [5.74, 6) is 1.04. The Morgan fingerprint density at radius 3 is 2.72 bits per heavy atom. The SMILES string of the molecule is CC(C)NCC1CCCN(CCCS(C)(=O)=O)C1. The molecule has 0 spiro atoms. The summed E-state index contributed by atoms with van der Waals surface area (Å²) in [4.78, 5) is 2.42. The van der Waals surface area contributed by atoms with Crippen LogP contribution >= 0.6 is 0 Å². The molecule has 1 atom stereocenters. The third-order valence-corrected chi connectivity index (χ3v) is 4.44. The van der Waals surface area contributed by atoms with Gasteiger partial charge in [0.25, 0.3) is 0 Å². The highest BCUT2D eigenvalue weighted by Crippen LogP contribution is 2.16. The fourth-order valence-corrected chi connectivity index (χ4v) is 3.13. The van der Waals surface area contributed by atoms with Gasteiger partial charge in [0, 0.05) is 18.8 Å². The van der Waals surface area contributed by atoms with Crippen LogP contribution in [0.2, 0.25) is 0 Å². The maximum atomic E-state index is 11.1. The highest BCUT2D eigenvalue weighted by atomic mass is 32.2. The van der Waals surface area contributed by atoms with Crippen LogP contribution in [0.3, 0.4) is 0 Å². The van der Waals surface area contributed by atoms with Crippen LogP contribution in [0.5, 0.6) is 0 Å². The lowest BCUT2D eigenvalue weighted by atomic mass is 9.97. The van der Waals surface area contributed by atoms with Crippen molar-refractivity contribution in [3.63, 3.8) is 0 Å². The van der Waals surface area contributed by atoms with E-state index in [2.05, 4.69) is 24.1 Å². The van der Waals surface area contributed by atoms with E-state index in [9.17, 15) is 8.42 Å². The summed E-state index contributed by atoms with van der Waals surface area (Å²) in [6.07, 6.45) is 4.62. The number of nitrogens with zero attached hydrogens (tertiary/aromatic N) is 1. The van der Waals surface area contributed by atoms with Gasteiger partial charge in [0.1, 0.15) is 9.84 Å². The lowest BCUT2D eigenvalue weighted by Gasteiger charge is -2.33. The molecular weight excluding hydrogens is 248 g/mol. The van der Waals surface area contributed by atoms with Gasteiger partial charge >= 0.3 is 0 Å². The minimum Gasteiger partial charge on any atom is -0.314 e. The number of hydrogen-bond acceptors (Lipinski definition) is 4. The summed E-state index contributed by atoms with van der Waals surface area (Å²) in [5.41, 5.74) is 0. The second kappa shape index (κ2) is 7.46. The van der Waals surface area contributed by atoms with Crippen molar-refractivity contribution in [1.29, 1.82) is 0 Å². The lowest BCUT2D eigenvalue weighted by Crippen LogP contribution is -2.41. The Balaban J connectivity index is 2.22. The van der Waals surface area contributed by atoms with Crippen molar-refractivity contribution in [2.75, 3.05) is 38.2 Å². The van der Waals surface area contributed by atoms with Crippen LogP contribution in [-0.4, -0.2) is 57.5 Å². The molecule has 1 N–H and O–H groups in total. The summed E-state index contributed by atoms with van der Waals surface area (Å²) >= 11 is 0. The highest BCUT2D eigenvalue weighted by molar-refractivity contribution is 7.90. The monoisotopic (exact) mass is 276 g/mol. The van der Waals surface area contributed by atoms with Crippen LogP contribution in [0.4, 0.5) is 0 Å². The zero-order valence-corrected chi connectivity index (χ0v) is 12.8. The van der Waals surface area contributed by atoms with Crippen LogP contribution in [0.25, 0.3) is 0 Å². The van der Waals surface area contributed by atoms with E-state index >= 15 is 0 Å². The van der Waals surface area contributed by atoms with Crippen LogP contribution in [0, 0.1) is 5.92 Å². The maximum absolute atomic E-state index is 11.1. The number of hydrogen-bond donors (Lipinski definition) is 1. The van der Waals surface area contributed by atoms with Crippen molar-refractivity contribution in [2.45, 2.75) is 39.2 Å². The number of rotatable bonds is 7. The van der Waals surface area contributed by atoms with Crippen molar-refractivity contribution in [3.8, 4) is 0 Å². The average Bonchev–Trinajstić information content (AvgIpc) is 2.25. The molecule has 5 heteroatoms. The molecule has 1 rings (SSSR count). The van der Waals surface area contributed by atoms with Gasteiger partial charge in [-0.1, -0.05) is 13.8 Å². The Kier molecular flexibility index (Phi) is 6.60. The van der Waals surface area contributed by atoms with Crippen LogP contribution in [0.15, 0.2) is 0 Å². The summed E-state index contributed by atoms with van der Waals surface area (Å²) in [6.45, 7) is 8.59. The van der Waals surface area contributed by atoms with Crippen molar-refractivity contribution in [1.82, 2.24) is 10.2 Å². The first-order chi connectivity index (χ1) is 8.37. The lowest BCUT2D eigenvalue weighted by molar-refractivity contribution is 0.171. The quantitative estimate of drug-likeness (QED) is 0.757. The van der Waals surface area contributed by atoms with Crippen molar-refractivity contribution < 1.29 is 8.42 Å². The molecule has 1 fully saturated rings. The minimum atomic E-state index is -2.80. The number of piperidine rings is 1. The molecule has 1 saturated heterocycles. The summed E-state index contributed by atoms with van der Waals surface area (Å²) < 4.78 is 22.2. The van der Waals surface area contributed by atoms with Gasteiger partial charge in [-0.05, 0) is 44.8 Å². The zero-order valence-electron chi connectivity index (χ0n) is 12.0. The zero-order chi connectivity index (χ0) is 13.6. The van der Waals surface area contributed by atoms with Gasteiger partial charge in [-0.15, -0.1) is 0 Å². The van der Waals surface area contributed by atoms with E-state index in [0.717, 1.165) is 38.5 Å². The Morgan fingerprint density at radius 1 is 1.39 bits per heavy atom. The van der Waals surface area contributed by atoms with Gasteiger partial charge in [0.05, 0.1) is 5.75 Å². The summed E-state index contributed by atoms with van der Waals surface area (Å²) in [6, 6.07) is 0.547. The molecule has 1 unspecified atom stereocenters. The minimum absolute atomic E-state index is 0.318. The molecule has 4 nitrogen and oxygen atoms in total. The molecular formula is C13H28N2O2S. The van der Waals surface area contributed by atoms with E-state index in [1.165, 1.54) is 19.1 Å². The van der Waals surface area contributed by atoms with Gasteiger partial charge in [0.15, 0.2) is 0 Å². The Hall–Kier alpha value is -0.130. The molecule has 0 aromatic carbocycles. The van der Waals surface area contributed by atoms with Gasteiger partial charge in [-0.25, -0.2) is 8.42 Å². The molecule has 0 bridgehead atoms. The smallest absolute Gasteiger partial charge is 0.147 e. The molecule has 0 aromatic rings. The fraction of sp³-hybridized carbons (Fsp3) is 1.00. The Bertz CT molecular complexity index is 328. The van der Waals surface area contributed by atoms with E-state index in [1.807, 2.05) is 0 Å². The molecule has 0 radical (unpaired) electrons. The number of likely N-dealkylation sites (tertiary alicyclic amines) is 1. The molecule has 0 aromatic heterocycles. The number of sulfone groups is 1. The first-order valence-corrected chi connectivity index (χ1v) is 9.06. The van der Waals surface area contributed by atoms with E-state index < -0.39 is 9.84 Å². The second-order valence-electron chi connectivity index (χ2n) is 5.86. The highest BCUT2D eigenvalue weighted by Gasteiger charge is 2.19. The predicted molar refractivity (Wildman–Crippen MR) is 76.6 cm³/mol. The second-order valence-corrected chi connectivity index (χ2v) is 8.11. The molecule has 0 saturated carbocycles. The topological polar surface area (TPSA) is 49.4 Å². The summed E-state index contributed by atoms with van der Waals surface area (Å²) in [5, 5.41) is 3.49. The molecule has 0 aliphatic carbocycles. The molecule has 1 aliphatic rings. The van der Waals surface area contributed by atoms with E-state index in [-0.39, 0.29) is 0 Å². The Morgan fingerprint density at radius 2 is 2.11 bits per heavy atom.